The molecule has 0 aromatic carbocycles. The lowest BCUT2D eigenvalue weighted by molar-refractivity contribution is -0.669. The minimum absolute atomic E-state index is 1.13. The number of fused-ring (bicyclic) bond motifs is 2. The van der Waals surface area contributed by atoms with Crippen LogP contribution >= 0.6 is 45.8 Å². The van der Waals surface area contributed by atoms with Crippen molar-refractivity contribution in [2.75, 3.05) is 11.4 Å². The van der Waals surface area contributed by atoms with Gasteiger partial charge in [-0.3, -0.25) is 0 Å². The van der Waals surface area contributed by atoms with Crippen LogP contribution in [0.25, 0.3) is 15.6 Å². The predicted molar refractivity (Wildman–Crippen MR) is 152 cm³/mol. The second-order valence-corrected chi connectivity index (χ2v) is 13.1. The molecule has 2 nitrogen and oxygen atoms in total. The molecule has 0 fully saturated rings. The van der Waals surface area contributed by atoms with Gasteiger partial charge in [0.1, 0.15) is 0 Å². The van der Waals surface area contributed by atoms with Crippen LogP contribution in [0.1, 0.15) is 83.1 Å². The number of anilines is 1. The summed E-state index contributed by atoms with van der Waals surface area (Å²) in [6, 6.07) is 4.59. The Morgan fingerprint density at radius 3 is 2.45 bits per heavy atom. The molecule has 4 rings (SSSR count). The highest BCUT2D eigenvalue weighted by Crippen LogP contribution is 2.49. The number of aryl methyl sites for hydroxylation is 1. The SMILES string of the molecule is CCCCCCCN1C(=CC=Cc2sc3sccc3[n+]2CCCCCCC)Sc2sccc21. The van der Waals surface area contributed by atoms with E-state index in [2.05, 4.69) is 64.4 Å². The molecule has 1 aliphatic heterocycles. The van der Waals surface area contributed by atoms with Gasteiger partial charge in [0.25, 0.3) is 5.01 Å². The van der Waals surface area contributed by atoms with Gasteiger partial charge >= 0.3 is 0 Å². The van der Waals surface area contributed by atoms with Crippen LogP contribution in [0.4, 0.5) is 5.69 Å². The van der Waals surface area contributed by atoms with Gasteiger partial charge in [0.15, 0.2) is 10.6 Å². The maximum atomic E-state index is 2.54. The Hall–Kier alpha value is -1.08. The minimum Gasteiger partial charge on any atom is -0.334 e. The molecule has 1 aliphatic rings. The molecule has 0 unspecified atom stereocenters. The van der Waals surface area contributed by atoms with E-state index in [1.807, 2.05) is 45.8 Å². The van der Waals surface area contributed by atoms with Gasteiger partial charge in [-0.05, 0) is 35.7 Å². The van der Waals surface area contributed by atoms with Gasteiger partial charge in [-0.1, -0.05) is 88.0 Å². The average Bonchev–Trinajstić information content (AvgIpc) is 3.57. The zero-order valence-electron chi connectivity index (χ0n) is 20.1. The fourth-order valence-corrected chi connectivity index (χ4v) is 8.64. The van der Waals surface area contributed by atoms with E-state index in [0.29, 0.717) is 0 Å². The Labute approximate surface area is 216 Å². The van der Waals surface area contributed by atoms with E-state index >= 15 is 0 Å². The molecular weight excluding hydrogens is 481 g/mol. The molecule has 3 aromatic heterocycles. The summed E-state index contributed by atoms with van der Waals surface area (Å²) in [6.07, 6.45) is 20.2. The van der Waals surface area contributed by atoms with Gasteiger partial charge in [-0.15, -0.1) is 22.7 Å². The standard InChI is InChI=1S/C27H37N2S4/c1-3-5-7-9-11-18-28-22-16-20-30-26(22)32-24(28)14-13-15-25-29(19-12-10-8-6-4-2)23-17-21-31-27(23)33-25/h13-17,20-21H,3-12,18-19H2,1-2H3/q+1. The summed E-state index contributed by atoms with van der Waals surface area (Å²) in [7, 11) is 0. The molecule has 0 saturated carbocycles. The van der Waals surface area contributed by atoms with Crippen LogP contribution < -0.4 is 9.47 Å². The third-order valence-corrected chi connectivity index (χ3v) is 10.6. The van der Waals surface area contributed by atoms with Crippen LogP contribution in [0.3, 0.4) is 0 Å². The van der Waals surface area contributed by atoms with Crippen LogP contribution in [-0.2, 0) is 6.54 Å². The minimum atomic E-state index is 1.13. The third kappa shape index (κ3) is 6.53. The van der Waals surface area contributed by atoms with Crippen molar-refractivity contribution in [1.29, 1.82) is 0 Å². The lowest BCUT2D eigenvalue weighted by atomic mass is 10.1. The Kier molecular flexibility index (Phi) is 9.95. The van der Waals surface area contributed by atoms with Crippen LogP contribution in [-0.4, -0.2) is 6.54 Å². The molecule has 33 heavy (non-hydrogen) atoms. The van der Waals surface area contributed by atoms with Gasteiger partial charge in [-0.25, -0.2) is 0 Å². The molecule has 0 amide bonds. The lowest BCUT2D eigenvalue weighted by Crippen LogP contribution is -2.34. The average molecular weight is 518 g/mol. The van der Waals surface area contributed by atoms with E-state index in [0.717, 1.165) is 13.1 Å². The first kappa shape index (κ1) is 25.0. The Balaban J connectivity index is 1.43. The number of rotatable bonds is 14. The van der Waals surface area contributed by atoms with E-state index < -0.39 is 0 Å². The van der Waals surface area contributed by atoms with Crippen LogP contribution in [0.15, 0.2) is 44.3 Å². The van der Waals surface area contributed by atoms with Crippen molar-refractivity contribution in [2.24, 2.45) is 0 Å². The maximum Gasteiger partial charge on any atom is 0.263 e. The molecule has 0 radical (unpaired) electrons. The number of hydrogen-bond donors (Lipinski definition) is 0. The molecule has 0 spiro atoms. The number of allylic oxidation sites excluding steroid dienone is 2. The highest BCUT2D eigenvalue weighted by molar-refractivity contribution is 8.05. The van der Waals surface area contributed by atoms with Crippen molar-refractivity contribution >= 4 is 67.1 Å². The summed E-state index contributed by atoms with van der Waals surface area (Å²) in [4.78, 5) is 2.54. The lowest BCUT2D eigenvalue weighted by Gasteiger charge is -2.19. The molecule has 0 bridgehead atoms. The number of thiazole rings is 1. The van der Waals surface area contributed by atoms with Gasteiger partial charge < -0.3 is 4.90 Å². The number of unbranched alkanes of at least 4 members (excludes halogenated alkanes) is 8. The zero-order valence-corrected chi connectivity index (χ0v) is 23.3. The van der Waals surface area contributed by atoms with Gasteiger partial charge in [0, 0.05) is 25.1 Å². The number of nitrogens with zero attached hydrogens (tertiary/aromatic N) is 2. The normalized spacial score (nSPS) is 15.0. The molecular formula is C27H37N2S4+. The van der Waals surface area contributed by atoms with Crippen molar-refractivity contribution < 1.29 is 4.57 Å². The quantitative estimate of drug-likeness (QED) is 0.155. The molecule has 0 N–H and O–H groups in total. The van der Waals surface area contributed by atoms with E-state index in [1.165, 1.54) is 93.7 Å². The molecule has 178 valence electrons. The fraction of sp³-hybridized carbons (Fsp3) is 0.519. The largest absolute Gasteiger partial charge is 0.334 e. The van der Waals surface area contributed by atoms with Gasteiger partial charge in [0.2, 0.25) is 5.52 Å². The van der Waals surface area contributed by atoms with Crippen molar-refractivity contribution in [1.82, 2.24) is 0 Å². The topological polar surface area (TPSA) is 7.12 Å². The van der Waals surface area contributed by atoms with Gasteiger partial charge in [-0.2, -0.15) is 4.57 Å². The van der Waals surface area contributed by atoms with Crippen molar-refractivity contribution in [3.05, 3.63) is 45.1 Å². The van der Waals surface area contributed by atoms with E-state index in [1.54, 1.807) is 0 Å². The zero-order chi connectivity index (χ0) is 22.9. The summed E-state index contributed by atoms with van der Waals surface area (Å²) < 4.78 is 5.44. The van der Waals surface area contributed by atoms with Crippen molar-refractivity contribution in [3.63, 3.8) is 0 Å². The molecule has 3 aromatic rings. The van der Waals surface area contributed by atoms with E-state index in [9.17, 15) is 0 Å². The van der Waals surface area contributed by atoms with E-state index in [4.69, 9.17) is 0 Å². The molecule has 4 heterocycles. The summed E-state index contributed by atoms with van der Waals surface area (Å²) in [6.45, 7) is 6.84. The Morgan fingerprint density at radius 1 is 0.879 bits per heavy atom. The van der Waals surface area contributed by atoms with Gasteiger partial charge in [0.05, 0.1) is 14.9 Å². The summed E-state index contributed by atoms with van der Waals surface area (Å²) >= 11 is 7.63. The predicted octanol–water partition coefficient (Wildman–Crippen LogP) is 9.72. The van der Waals surface area contributed by atoms with Crippen LogP contribution in [0.5, 0.6) is 0 Å². The first-order valence-electron chi connectivity index (χ1n) is 12.6. The maximum absolute atomic E-state index is 2.54. The second-order valence-electron chi connectivity index (χ2n) is 8.72. The van der Waals surface area contributed by atoms with Crippen molar-refractivity contribution in [3.8, 4) is 0 Å². The van der Waals surface area contributed by atoms with Crippen LogP contribution in [0, 0.1) is 0 Å². The summed E-state index contributed by atoms with van der Waals surface area (Å²) in [5.41, 5.74) is 2.83. The number of thiophene rings is 2. The second kappa shape index (κ2) is 13.1. The number of aromatic nitrogens is 1. The molecule has 0 aliphatic carbocycles. The molecule has 6 heteroatoms. The third-order valence-electron chi connectivity index (χ3n) is 6.18. The smallest absolute Gasteiger partial charge is 0.263 e. The Morgan fingerprint density at radius 2 is 1.64 bits per heavy atom. The number of hydrogen-bond acceptors (Lipinski definition) is 5. The Bertz CT molecular complexity index is 1060. The van der Waals surface area contributed by atoms with E-state index in [-0.39, 0.29) is 0 Å². The highest BCUT2D eigenvalue weighted by Gasteiger charge is 2.25. The van der Waals surface area contributed by atoms with Crippen LogP contribution in [0.2, 0.25) is 0 Å². The number of thioether (sulfide) groups is 1. The summed E-state index contributed by atoms with van der Waals surface area (Å²) in [5.74, 6) is 0. The van der Waals surface area contributed by atoms with Crippen molar-refractivity contribution in [2.45, 2.75) is 88.8 Å². The highest BCUT2D eigenvalue weighted by atomic mass is 32.2. The fourth-order valence-electron chi connectivity index (χ4n) is 4.34. The first-order valence-corrected chi connectivity index (χ1v) is 16.0. The molecule has 0 saturated heterocycles. The first-order chi connectivity index (χ1) is 16.3. The monoisotopic (exact) mass is 517 g/mol. The molecule has 0 atom stereocenters. The summed E-state index contributed by atoms with van der Waals surface area (Å²) in [5, 5.41) is 7.23.